The first-order valence-electron chi connectivity index (χ1n) is 8.70. The summed E-state index contributed by atoms with van der Waals surface area (Å²) in [5.74, 6) is 0.613. The summed E-state index contributed by atoms with van der Waals surface area (Å²) in [6.07, 6.45) is 4.49. The summed E-state index contributed by atoms with van der Waals surface area (Å²) in [6.45, 7) is 11.8. The number of hydrogen-bond donors (Lipinski definition) is 2. The number of hydrogen-bond acceptors (Lipinski definition) is 3. The van der Waals surface area contributed by atoms with Crippen molar-refractivity contribution in [3.63, 3.8) is 0 Å². The van der Waals surface area contributed by atoms with Crippen LogP contribution in [0.1, 0.15) is 46.6 Å². The standard InChI is InChI=1S/C20H32N2O2/c1-16(2)15-21-14-13-18(22-19(23)24-20(3,4)5)12-11-17-9-7-6-8-10-17/h6-12,16,18,21H,13-15H2,1-5H3,(H,22,23)/b12-11+. The van der Waals surface area contributed by atoms with E-state index in [9.17, 15) is 4.79 Å². The molecular weight excluding hydrogens is 300 g/mol. The Balaban J connectivity index is 2.61. The maximum Gasteiger partial charge on any atom is 0.408 e. The van der Waals surface area contributed by atoms with E-state index in [1.54, 1.807) is 0 Å². The highest BCUT2D eigenvalue weighted by Crippen LogP contribution is 2.08. The van der Waals surface area contributed by atoms with E-state index in [-0.39, 0.29) is 12.1 Å². The van der Waals surface area contributed by atoms with E-state index in [1.807, 2.05) is 63.3 Å². The second kappa shape index (κ2) is 10.1. The summed E-state index contributed by atoms with van der Waals surface area (Å²) in [4.78, 5) is 12.0. The van der Waals surface area contributed by atoms with Gasteiger partial charge in [-0.2, -0.15) is 0 Å². The molecule has 1 aromatic rings. The summed E-state index contributed by atoms with van der Waals surface area (Å²) in [7, 11) is 0. The minimum atomic E-state index is -0.492. The second-order valence-electron chi connectivity index (χ2n) is 7.41. The zero-order chi connectivity index (χ0) is 18.0. The lowest BCUT2D eigenvalue weighted by molar-refractivity contribution is 0.0513. The highest BCUT2D eigenvalue weighted by molar-refractivity contribution is 5.68. The fraction of sp³-hybridized carbons (Fsp3) is 0.550. The first kappa shape index (κ1) is 20.2. The lowest BCUT2D eigenvalue weighted by Gasteiger charge is -2.22. The number of carbonyl (C=O) groups is 1. The van der Waals surface area contributed by atoms with Gasteiger partial charge in [-0.3, -0.25) is 0 Å². The number of nitrogens with one attached hydrogen (secondary N) is 2. The van der Waals surface area contributed by atoms with E-state index < -0.39 is 5.60 Å². The molecule has 4 heteroatoms. The molecule has 24 heavy (non-hydrogen) atoms. The van der Waals surface area contributed by atoms with Crippen molar-refractivity contribution in [2.24, 2.45) is 5.92 Å². The van der Waals surface area contributed by atoms with Gasteiger partial charge in [-0.1, -0.05) is 56.3 Å². The average Bonchev–Trinajstić information content (AvgIpc) is 2.47. The molecule has 0 saturated carbocycles. The van der Waals surface area contributed by atoms with Crippen molar-refractivity contribution in [1.29, 1.82) is 0 Å². The van der Waals surface area contributed by atoms with Gasteiger partial charge in [-0.05, 0) is 51.8 Å². The molecule has 0 aliphatic carbocycles. The van der Waals surface area contributed by atoms with E-state index in [0.29, 0.717) is 5.92 Å². The van der Waals surface area contributed by atoms with Gasteiger partial charge >= 0.3 is 6.09 Å². The number of carbonyl (C=O) groups excluding carboxylic acids is 1. The third-order valence-electron chi connectivity index (χ3n) is 3.21. The maximum absolute atomic E-state index is 12.0. The number of rotatable bonds is 8. The van der Waals surface area contributed by atoms with Gasteiger partial charge in [0.25, 0.3) is 0 Å². The molecule has 1 atom stereocenters. The Morgan fingerprint density at radius 2 is 1.88 bits per heavy atom. The molecular formula is C20H32N2O2. The fourth-order valence-corrected chi connectivity index (χ4v) is 2.12. The predicted molar refractivity (Wildman–Crippen MR) is 101 cm³/mol. The maximum atomic E-state index is 12.0. The van der Waals surface area contributed by atoms with Gasteiger partial charge < -0.3 is 15.4 Å². The van der Waals surface area contributed by atoms with Crippen molar-refractivity contribution in [1.82, 2.24) is 10.6 Å². The topological polar surface area (TPSA) is 50.4 Å². The third-order valence-corrected chi connectivity index (χ3v) is 3.21. The molecule has 4 nitrogen and oxygen atoms in total. The van der Waals surface area contributed by atoms with Gasteiger partial charge in [-0.25, -0.2) is 4.79 Å². The highest BCUT2D eigenvalue weighted by atomic mass is 16.6. The van der Waals surface area contributed by atoms with Crippen LogP contribution in [0.4, 0.5) is 4.79 Å². The predicted octanol–water partition coefficient (Wildman–Crippen LogP) is 4.23. The van der Waals surface area contributed by atoms with Crippen molar-refractivity contribution in [2.75, 3.05) is 13.1 Å². The van der Waals surface area contributed by atoms with Crippen LogP contribution in [0.15, 0.2) is 36.4 Å². The van der Waals surface area contributed by atoms with Gasteiger partial charge in [0, 0.05) is 0 Å². The van der Waals surface area contributed by atoms with Gasteiger partial charge in [0.1, 0.15) is 5.60 Å². The molecule has 0 heterocycles. The molecule has 0 spiro atoms. The average molecular weight is 332 g/mol. The Morgan fingerprint density at radius 1 is 1.21 bits per heavy atom. The molecule has 2 N–H and O–H groups in total. The number of amides is 1. The molecule has 0 bridgehead atoms. The molecule has 1 unspecified atom stereocenters. The van der Waals surface area contributed by atoms with Gasteiger partial charge in [0.05, 0.1) is 6.04 Å². The zero-order valence-corrected chi connectivity index (χ0v) is 15.6. The highest BCUT2D eigenvalue weighted by Gasteiger charge is 2.18. The van der Waals surface area contributed by atoms with Crippen molar-refractivity contribution < 1.29 is 9.53 Å². The van der Waals surface area contributed by atoms with Gasteiger partial charge in [-0.15, -0.1) is 0 Å². The van der Waals surface area contributed by atoms with E-state index in [0.717, 1.165) is 25.1 Å². The molecule has 0 fully saturated rings. The van der Waals surface area contributed by atoms with E-state index in [4.69, 9.17) is 4.74 Å². The van der Waals surface area contributed by atoms with E-state index in [2.05, 4.69) is 24.5 Å². The molecule has 0 saturated heterocycles. The minimum Gasteiger partial charge on any atom is -0.444 e. The Hall–Kier alpha value is -1.81. The molecule has 0 aliphatic rings. The summed E-state index contributed by atoms with van der Waals surface area (Å²) >= 11 is 0. The Labute approximate surface area is 146 Å². The van der Waals surface area contributed by atoms with Crippen molar-refractivity contribution in [3.05, 3.63) is 42.0 Å². The largest absolute Gasteiger partial charge is 0.444 e. The van der Waals surface area contributed by atoms with Gasteiger partial charge in [0.2, 0.25) is 0 Å². The van der Waals surface area contributed by atoms with Crippen LogP contribution in [-0.4, -0.2) is 30.8 Å². The van der Waals surface area contributed by atoms with Gasteiger partial charge in [0.15, 0.2) is 0 Å². The molecule has 0 aromatic heterocycles. The minimum absolute atomic E-state index is 0.0697. The summed E-state index contributed by atoms with van der Waals surface area (Å²) in [5.41, 5.74) is 0.622. The third kappa shape index (κ3) is 10.1. The van der Waals surface area contributed by atoms with E-state index in [1.165, 1.54) is 0 Å². The van der Waals surface area contributed by atoms with Crippen LogP contribution in [0, 0.1) is 5.92 Å². The molecule has 134 valence electrons. The Morgan fingerprint density at radius 3 is 2.46 bits per heavy atom. The second-order valence-corrected chi connectivity index (χ2v) is 7.41. The smallest absolute Gasteiger partial charge is 0.408 e. The molecule has 1 aromatic carbocycles. The van der Waals surface area contributed by atoms with Crippen LogP contribution < -0.4 is 10.6 Å². The monoisotopic (exact) mass is 332 g/mol. The van der Waals surface area contributed by atoms with E-state index >= 15 is 0 Å². The Kier molecular flexibility index (Phi) is 8.55. The van der Waals surface area contributed by atoms with Crippen LogP contribution in [-0.2, 0) is 4.74 Å². The SMILES string of the molecule is CC(C)CNCCC(/C=C/c1ccccc1)NC(=O)OC(C)(C)C. The fourth-order valence-electron chi connectivity index (χ4n) is 2.12. The van der Waals surface area contributed by atoms with Crippen LogP contribution in [0.25, 0.3) is 6.08 Å². The molecule has 1 amide bonds. The van der Waals surface area contributed by atoms with Crippen LogP contribution in [0.3, 0.4) is 0 Å². The van der Waals surface area contributed by atoms with Crippen molar-refractivity contribution in [3.8, 4) is 0 Å². The van der Waals surface area contributed by atoms with Crippen molar-refractivity contribution in [2.45, 2.75) is 52.7 Å². The van der Waals surface area contributed by atoms with Crippen LogP contribution in [0.5, 0.6) is 0 Å². The number of benzene rings is 1. The number of ether oxygens (including phenoxy) is 1. The first-order chi connectivity index (χ1) is 11.3. The lowest BCUT2D eigenvalue weighted by Crippen LogP contribution is -2.39. The summed E-state index contributed by atoms with van der Waals surface area (Å²) in [5, 5.41) is 6.35. The van der Waals surface area contributed by atoms with Crippen molar-refractivity contribution >= 4 is 12.2 Å². The first-order valence-corrected chi connectivity index (χ1v) is 8.70. The lowest BCUT2D eigenvalue weighted by atomic mass is 10.1. The normalized spacial score (nSPS) is 13.2. The molecule has 0 radical (unpaired) electrons. The van der Waals surface area contributed by atoms with Crippen LogP contribution in [0.2, 0.25) is 0 Å². The summed E-state index contributed by atoms with van der Waals surface area (Å²) < 4.78 is 5.36. The van der Waals surface area contributed by atoms with Crippen LogP contribution >= 0.6 is 0 Å². The molecule has 0 aliphatic heterocycles. The molecule has 1 rings (SSSR count). The number of alkyl carbamates (subject to hydrolysis) is 1. The zero-order valence-electron chi connectivity index (χ0n) is 15.6. The Bertz CT molecular complexity index is 504. The summed E-state index contributed by atoms with van der Waals surface area (Å²) in [6, 6.07) is 10.00. The quantitative estimate of drug-likeness (QED) is 0.701.